The zero-order valence-corrected chi connectivity index (χ0v) is 50.7. The summed E-state index contributed by atoms with van der Waals surface area (Å²) < 4.78 is 19.5. The number of nitrogen functional groups attached to an aromatic ring is 1. The molecule has 3 N–H and O–H groups in total. The average Bonchev–Trinajstić information content (AvgIpc) is 3.22. The van der Waals surface area contributed by atoms with Crippen LogP contribution >= 0.6 is 23.2 Å². The summed E-state index contributed by atoms with van der Waals surface area (Å²) >= 11 is 10.7. The van der Waals surface area contributed by atoms with Gasteiger partial charge in [0.1, 0.15) is 32.7 Å². The molecular weight excluding hydrogens is 1150 g/mol. The summed E-state index contributed by atoms with van der Waals surface area (Å²) in [6, 6.07) is 17.0. The predicted octanol–water partition coefficient (Wildman–Crippen LogP) is -0.465. The number of carbonyl (C=O) groups excluding carboxylic acids is 3. The van der Waals surface area contributed by atoms with Gasteiger partial charge in [-0.05, 0) is 68.8 Å². The number of nitro groups is 3. The number of anilines is 3. The Hall–Kier alpha value is -3.05. The molecule has 0 radical (unpaired) electrons. The maximum Gasteiger partial charge on any atom is 1.00 e. The summed E-state index contributed by atoms with van der Waals surface area (Å²) in [4.78, 5) is 66.1. The third-order valence-electron chi connectivity index (χ3n) is 6.88. The largest absolute Gasteiger partial charge is 1.00 e. The van der Waals surface area contributed by atoms with Crippen molar-refractivity contribution in [1.82, 2.24) is 0 Å². The van der Waals surface area contributed by atoms with E-state index in [1.165, 1.54) is 56.5 Å². The van der Waals surface area contributed by atoms with Crippen LogP contribution in [0.25, 0.3) is 0 Å². The van der Waals surface area contributed by atoms with Crippen molar-refractivity contribution in [2.45, 2.75) is 34.6 Å². The Bertz CT molecular complexity index is 2070. The predicted molar refractivity (Wildman–Crippen MR) is 228 cm³/mol. The number of carbonyl (C=O) groups is 3. The summed E-state index contributed by atoms with van der Waals surface area (Å²) in [6.45, 7) is 10.0. The van der Waals surface area contributed by atoms with Crippen molar-refractivity contribution < 1.29 is 197 Å². The number of rotatable bonds is 10. The summed E-state index contributed by atoms with van der Waals surface area (Å²) in [5.74, 6) is -0.123. The number of hydrogen-bond donors (Lipinski definition) is 2. The van der Waals surface area contributed by atoms with E-state index < -0.39 is 14.8 Å². The van der Waals surface area contributed by atoms with Gasteiger partial charge in [0.15, 0.2) is 0 Å². The van der Waals surface area contributed by atoms with E-state index in [1.54, 1.807) is 56.0 Å². The van der Waals surface area contributed by atoms with Crippen LogP contribution in [0.5, 0.6) is 0 Å². The molecule has 344 valence electrons. The van der Waals surface area contributed by atoms with Gasteiger partial charge in [-0.3, -0.25) is 44.7 Å². The molecule has 0 bridgehead atoms. The van der Waals surface area contributed by atoms with E-state index in [9.17, 15) is 39.9 Å². The van der Waals surface area contributed by atoms with Crippen molar-refractivity contribution in [2.75, 3.05) is 68.0 Å². The number of halogens is 2. The second-order valence-corrected chi connectivity index (χ2v) is 12.2. The topological polar surface area (TPSA) is 339 Å². The molecule has 0 unspecified atom stereocenters. The van der Waals surface area contributed by atoms with Gasteiger partial charge < -0.3 is 46.5 Å². The number of morpholine rings is 1. The molecule has 27 heteroatoms. The van der Waals surface area contributed by atoms with E-state index in [4.69, 9.17) is 68.5 Å². The fraction of sp³-hybridized carbons (Fsp3) is 0.342. The number of hydrogen-bond acceptors (Lipinski definition) is 18. The number of alkyl halides is 1. The number of aryl methyl sites for hydroxylation is 3. The molecule has 0 aliphatic carbocycles. The van der Waals surface area contributed by atoms with Crippen LogP contribution in [0.1, 0.15) is 32.0 Å². The number of nitrogens with one attached hydrogen (secondary N) is 1. The Balaban J connectivity index is -0.000000238. The van der Waals surface area contributed by atoms with Gasteiger partial charge >= 0.3 is 138 Å². The van der Waals surface area contributed by atoms with Crippen molar-refractivity contribution in [2.24, 2.45) is 0 Å². The SMILES string of the molecule is CC#N.CC#N.Cc1cc(N)ccc1[N+](=O)[O-].Cc1cc(N2CCOCC2=O)ccc1[N+](=O)[O-].Cc1cc(NC(=O)COCCCl)ccc1[N+](=O)[O-].ClC1=COCCO1.O=CO[O-].[Cs+].[Cs+].[H-]. The molecular formula is C38H46Cl2Cs2N8O15. The minimum Gasteiger partial charge on any atom is -1.00 e. The van der Waals surface area contributed by atoms with E-state index in [1.807, 2.05) is 0 Å². The third-order valence-corrected chi connectivity index (χ3v) is 7.23. The standard InChI is InChI=1S/C11H13ClN2O4.C11H12N2O4.C7H8N2O2.C4H5ClO2.2C2H3N.CH2O3.2Cs.H/c1-8-6-9(2-3-10(8)14(16)17)13-11(15)7-18-5-4-12;1-8-6-9(2-3-10(8)13(15)16)12-4-5-17-7-11(12)14;1-5-4-6(8)2-3-7(5)9(10)11;5-4-3-6-1-2-7-4;2*1-2-3;2-1-4-3;;;/h2-3,6H,4-5,7H2,1H3,(H,13,15);2-3,6H,4-5,7H2,1H3;2-4H,8H2,1H3;3H,1-2H2;2*1H3;1,3H;;;/q;;;;;;;2*+1;-1/p-1. The maximum atomic E-state index is 11.6. The number of nitriles is 2. The first-order valence-electron chi connectivity index (χ1n) is 17.6. The minimum atomic E-state index is -0.468. The first-order chi connectivity index (χ1) is 29.9. The molecule has 1 fully saturated rings. The van der Waals surface area contributed by atoms with Gasteiger partial charge in [-0.2, -0.15) is 10.5 Å². The van der Waals surface area contributed by atoms with Gasteiger partial charge in [0, 0.05) is 78.2 Å². The maximum absolute atomic E-state index is 11.6. The van der Waals surface area contributed by atoms with Gasteiger partial charge in [0.25, 0.3) is 29.4 Å². The average molecular weight is 1190 g/mol. The number of ether oxygens (including phenoxy) is 4. The van der Waals surface area contributed by atoms with Gasteiger partial charge in [-0.1, -0.05) is 0 Å². The molecule has 65 heavy (non-hydrogen) atoms. The second kappa shape index (κ2) is 42.3. The number of nitrogens with zero attached hydrogens (tertiary/aromatic N) is 6. The van der Waals surface area contributed by atoms with E-state index in [0.29, 0.717) is 77.8 Å². The van der Waals surface area contributed by atoms with Crippen LogP contribution in [0.3, 0.4) is 0 Å². The molecule has 3 aromatic rings. The van der Waals surface area contributed by atoms with E-state index in [0.717, 1.165) is 0 Å². The van der Waals surface area contributed by atoms with Crippen LogP contribution in [0.15, 0.2) is 66.1 Å². The molecule has 3 aromatic carbocycles. The van der Waals surface area contributed by atoms with Crippen molar-refractivity contribution in [3.05, 3.63) is 113 Å². The smallest absolute Gasteiger partial charge is 1.00 e. The molecule has 2 amide bonds. The Kier molecular flexibility index (Phi) is 44.6. The van der Waals surface area contributed by atoms with Crippen molar-refractivity contribution in [1.29, 1.82) is 10.5 Å². The zero-order valence-electron chi connectivity index (χ0n) is 37.6. The Morgan fingerprint density at radius 1 is 0.908 bits per heavy atom. The summed E-state index contributed by atoms with van der Waals surface area (Å²) in [5.41, 5.74) is 8.95. The first-order valence-corrected chi connectivity index (χ1v) is 18.6. The number of nitrogens with two attached hydrogens (primary N) is 1. The third kappa shape index (κ3) is 32.3. The van der Waals surface area contributed by atoms with Gasteiger partial charge in [-0.15, -0.1) is 11.6 Å². The second-order valence-electron chi connectivity index (χ2n) is 11.5. The first kappa shape index (κ1) is 68.5. The van der Waals surface area contributed by atoms with Crippen LogP contribution in [0.4, 0.5) is 34.1 Å². The molecule has 0 aromatic heterocycles. The Morgan fingerprint density at radius 3 is 1.78 bits per heavy atom. The van der Waals surface area contributed by atoms with E-state index in [-0.39, 0.29) is 188 Å². The molecule has 2 aliphatic rings. The molecule has 0 atom stereocenters. The normalized spacial score (nSPS) is 11.3. The molecule has 0 spiro atoms. The Morgan fingerprint density at radius 2 is 1.40 bits per heavy atom. The Labute approximate surface area is 503 Å². The number of nitro benzene ring substituents is 3. The van der Waals surface area contributed by atoms with Crippen LogP contribution < -0.4 is 159 Å². The molecule has 23 nitrogen and oxygen atoms in total. The molecule has 2 heterocycles. The van der Waals surface area contributed by atoms with Gasteiger partial charge in [-0.25, -0.2) is 0 Å². The van der Waals surface area contributed by atoms with Crippen LogP contribution in [-0.2, 0) is 38.2 Å². The zero-order chi connectivity index (χ0) is 48.3. The van der Waals surface area contributed by atoms with E-state index in [2.05, 4.69) is 10.2 Å². The fourth-order valence-electron chi connectivity index (χ4n) is 4.39. The number of amides is 2. The quantitative estimate of drug-likeness (QED) is 0.0493. The molecule has 2 aliphatic heterocycles. The summed E-state index contributed by atoms with van der Waals surface area (Å²) in [5, 5.41) is 57.6. The summed E-state index contributed by atoms with van der Waals surface area (Å²) in [7, 11) is 0. The van der Waals surface area contributed by atoms with Gasteiger partial charge in [0.05, 0.1) is 40.1 Å². The van der Waals surface area contributed by atoms with Gasteiger partial charge in [0.2, 0.25) is 11.1 Å². The van der Waals surface area contributed by atoms with Crippen LogP contribution in [0.2, 0.25) is 0 Å². The monoisotopic (exact) mass is 1190 g/mol. The molecule has 0 saturated carbocycles. The van der Waals surface area contributed by atoms with Crippen molar-refractivity contribution in [3.63, 3.8) is 0 Å². The molecule has 1 saturated heterocycles. The van der Waals surface area contributed by atoms with E-state index >= 15 is 0 Å². The van der Waals surface area contributed by atoms with Crippen molar-refractivity contribution in [3.8, 4) is 12.1 Å². The molecule has 5 rings (SSSR count). The van der Waals surface area contributed by atoms with Crippen LogP contribution in [0, 0.1) is 73.8 Å². The summed E-state index contributed by atoms with van der Waals surface area (Å²) in [6.07, 6.45) is 1.39. The van der Waals surface area contributed by atoms with Crippen LogP contribution in [-0.4, -0.2) is 85.1 Å². The minimum absolute atomic E-state index is 0. The number of benzene rings is 3. The fourth-order valence-corrected chi connectivity index (χ4v) is 4.64. The van der Waals surface area contributed by atoms with Crippen molar-refractivity contribution >= 4 is 75.6 Å².